The molecule has 6 heteroatoms. The van der Waals surface area contributed by atoms with Crippen LogP contribution in [0.15, 0.2) is 24.3 Å². The molecule has 3 fully saturated rings. The molecule has 0 saturated carbocycles. The first kappa shape index (κ1) is 17.6. The summed E-state index contributed by atoms with van der Waals surface area (Å²) in [5.41, 5.74) is 1.25. The molecule has 1 aromatic carbocycles. The van der Waals surface area contributed by atoms with Gasteiger partial charge in [0.1, 0.15) is 11.8 Å². The third-order valence-electron chi connectivity index (χ3n) is 6.10. The molecule has 6 nitrogen and oxygen atoms in total. The van der Waals surface area contributed by atoms with Crippen LogP contribution in [-0.2, 0) is 9.53 Å². The van der Waals surface area contributed by atoms with Gasteiger partial charge in [0.25, 0.3) is 0 Å². The maximum absolute atomic E-state index is 11.8. The number of hydrogen-bond acceptors (Lipinski definition) is 6. The zero-order valence-electron chi connectivity index (χ0n) is 15.6. The summed E-state index contributed by atoms with van der Waals surface area (Å²) in [4.78, 5) is 19.2. The fourth-order valence-electron chi connectivity index (χ4n) is 4.53. The average molecular weight is 359 g/mol. The molecular weight excluding hydrogens is 330 g/mol. The fraction of sp³-hybridized carbons (Fsp3) is 0.650. The van der Waals surface area contributed by atoms with Crippen molar-refractivity contribution in [3.8, 4) is 5.75 Å². The van der Waals surface area contributed by atoms with Gasteiger partial charge in [-0.05, 0) is 25.0 Å². The van der Waals surface area contributed by atoms with E-state index in [1.807, 2.05) is 6.07 Å². The summed E-state index contributed by atoms with van der Waals surface area (Å²) in [6, 6.07) is 9.00. The number of carbonyl (C=O) groups excluding carboxylic acids is 1. The predicted octanol–water partition coefficient (Wildman–Crippen LogP) is 1.60. The summed E-state index contributed by atoms with van der Waals surface area (Å²) >= 11 is 0. The van der Waals surface area contributed by atoms with Crippen LogP contribution in [0.3, 0.4) is 0 Å². The number of hydrogen-bond donors (Lipinski definition) is 0. The van der Waals surface area contributed by atoms with Crippen molar-refractivity contribution in [2.24, 2.45) is 0 Å². The number of likely N-dealkylation sites (tertiary alicyclic amines) is 1. The number of esters is 1. The first-order valence-electron chi connectivity index (χ1n) is 9.78. The molecule has 3 heterocycles. The van der Waals surface area contributed by atoms with Crippen LogP contribution in [0.5, 0.6) is 5.75 Å². The Bertz CT molecular complexity index is 622. The Morgan fingerprint density at radius 1 is 1.00 bits per heavy atom. The second-order valence-corrected chi connectivity index (χ2v) is 7.46. The van der Waals surface area contributed by atoms with E-state index in [9.17, 15) is 4.79 Å². The van der Waals surface area contributed by atoms with Crippen molar-refractivity contribution in [2.75, 3.05) is 57.9 Å². The number of cyclic esters (lactones) is 1. The summed E-state index contributed by atoms with van der Waals surface area (Å²) in [6.45, 7) is 6.95. The van der Waals surface area contributed by atoms with E-state index in [0.29, 0.717) is 12.6 Å². The Hall–Kier alpha value is -1.79. The highest BCUT2D eigenvalue weighted by atomic mass is 16.5. The maximum atomic E-state index is 11.8. The number of anilines is 1. The van der Waals surface area contributed by atoms with E-state index < -0.39 is 0 Å². The van der Waals surface area contributed by atoms with Crippen molar-refractivity contribution < 1.29 is 14.3 Å². The van der Waals surface area contributed by atoms with E-state index in [-0.39, 0.29) is 12.0 Å². The lowest BCUT2D eigenvalue weighted by molar-refractivity contribution is -0.142. The molecule has 3 aliphatic rings. The maximum Gasteiger partial charge on any atom is 0.323 e. The second kappa shape index (κ2) is 7.84. The molecule has 0 N–H and O–H groups in total. The zero-order valence-corrected chi connectivity index (χ0v) is 15.6. The Morgan fingerprint density at radius 2 is 1.77 bits per heavy atom. The van der Waals surface area contributed by atoms with Crippen LogP contribution in [-0.4, -0.2) is 80.8 Å². The molecule has 0 aromatic heterocycles. The molecule has 142 valence electrons. The van der Waals surface area contributed by atoms with Gasteiger partial charge >= 0.3 is 5.97 Å². The Labute approximate surface area is 155 Å². The van der Waals surface area contributed by atoms with Gasteiger partial charge in [-0.15, -0.1) is 0 Å². The summed E-state index contributed by atoms with van der Waals surface area (Å²) in [6.07, 6.45) is 3.18. The van der Waals surface area contributed by atoms with Gasteiger partial charge in [0.2, 0.25) is 0 Å². The number of piperazine rings is 1. The van der Waals surface area contributed by atoms with Crippen LogP contribution >= 0.6 is 0 Å². The van der Waals surface area contributed by atoms with E-state index in [4.69, 9.17) is 9.47 Å². The van der Waals surface area contributed by atoms with E-state index in [0.717, 1.165) is 64.3 Å². The third kappa shape index (κ3) is 3.67. The highest BCUT2D eigenvalue weighted by Gasteiger charge is 2.36. The van der Waals surface area contributed by atoms with Crippen molar-refractivity contribution in [3.63, 3.8) is 0 Å². The van der Waals surface area contributed by atoms with Crippen LogP contribution in [0.1, 0.15) is 19.3 Å². The molecule has 4 rings (SSSR count). The van der Waals surface area contributed by atoms with Crippen LogP contribution < -0.4 is 9.64 Å². The third-order valence-corrected chi connectivity index (χ3v) is 6.10. The van der Waals surface area contributed by atoms with Crippen LogP contribution in [0.25, 0.3) is 0 Å². The average Bonchev–Trinajstić information content (AvgIpc) is 3.14. The van der Waals surface area contributed by atoms with Crippen LogP contribution in [0.4, 0.5) is 5.69 Å². The quantitative estimate of drug-likeness (QED) is 0.761. The normalized spacial score (nSPS) is 26.1. The Kier molecular flexibility index (Phi) is 5.31. The molecule has 26 heavy (non-hydrogen) atoms. The molecule has 0 spiro atoms. The van der Waals surface area contributed by atoms with Crippen LogP contribution in [0.2, 0.25) is 0 Å². The van der Waals surface area contributed by atoms with Crippen molar-refractivity contribution in [1.29, 1.82) is 0 Å². The van der Waals surface area contributed by atoms with Gasteiger partial charge in [-0.3, -0.25) is 14.6 Å². The molecule has 0 amide bonds. The highest BCUT2D eigenvalue weighted by Crippen LogP contribution is 2.26. The number of nitrogens with zero attached hydrogens (tertiary/aromatic N) is 3. The largest absolute Gasteiger partial charge is 0.497 e. The molecule has 3 saturated heterocycles. The van der Waals surface area contributed by atoms with E-state index in [2.05, 4.69) is 32.9 Å². The van der Waals surface area contributed by atoms with E-state index in [1.165, 1.54) is 5.69 Å². The lowest BCUT2D eigenvalue weighted by Crippen LogP contribution is -2.54. The number of rotatable bonds is 4. The lowest BCUT2D eigenvalue weighted by atomic mass is 10.00. The minimum atomic E-state index is -0.0182. The molecule has 1 atom stereocenters. The molecule has 0 aliphatic carbocycles. The summed E-state index contributed by atoms with van der Waals surface area (Å²) < 4.78 is 10.5. The summed E-state index contributed by atoms with van der Waals surface area (Å²) in [5.74, 6) is 0.901. The summed E-state index contributed by atoms with van der Waals surface area (Å²) in [7, 11) is 1.72. The Balaban J connectivity index is 1.27. The highest BCUT2D eigenvalue weighted by molar-refractivity contribution is 5.77. The monoisotopic (exact) mass is 359 g/mol. The predicted molar refractivity (Wildman–Crippen MR) is 101 cm³/mol. The minimum absolute atomic E-state index is 0.0147. The summed E-state index contributed by atoms with van der Waals surface area (Å²) in [5, 5.41) is 0. The fourth-order valence-corrected chi connectivity index (χ4v) is 4.53. The van der Waals surface area contributed by atoms with E-state index >= 15 is 0 Å². The number of carbonyl (C=O) groups is 1. The van der Waals surface area contributed by atoms with Gasteiger partial charge in [0.05, 0.1) is 13.7 Å². The number of piperidine rings is 1. The molecule has 0 radical (unpaired) electrons. The molecule has 0 bridgehead atoms. The minimum Gasteiger partial charge on any atom is -0.497 e. The zero-order chi connectivity index (χ0) is 17.9. The first-order valence-corrected chi connectivity index (χ1v) is 9.78. The van der Waals surface area contributed by atoms with Crippen molar-refractivity contribution >= 4 is 11.7 Å². The van der Waals surface area contributed by atoms with Gasteiger partial charge in [0, 0.05) is 63.5 Å². The van der Waals surface area contributed by atoms with Gasteiger partial charge in [-0.25, -0.2) is 0 Å². The topological polar surface area (TPSA) is 45.2 Å². The molecular formula is C20H29N3O3. The van der Waals surface area contributed by atoms with Crippen molar-refractivity contribution in [2.45, 2.75) is 31.3 Å². The second-order valence-electron chi connectivity index (χ2n) is 7.46. The molecule has 1 aromatic rings. The van der Waals surface area contributed by atoms with Gasteiger partial charge in [-0.2, -0.15) is 0 Å². The lowest BCUT2D eigenvalue weighted by Gasteiger charge is -2.44. The van der Waals surface area contributed by atoms with Crippen molar-refractivity contribution in [1.82, 2.24) is 9.80 Å². The number of methoxy groups -OCH3 is 1. The Morgan fingerprint density at radius 3 is 2.42 bits per heavy atom. The van der Waals surface area contributed by atoms with Crippen LogP contribution in [0, 0.1) is 0 Å². The molecule has 1 unspecified atom stereocenters. The standard InChI is InChI=1S/C20H29N3O3/c1-25-18-4-2-3-17(15-18)22-12-10-21(11-13-22)16-5-8-23(9-6-16)19-7-14-26-20(19)24/h2-4,15-16,19H,5-14H2,1H3. The smallest absolute Gasteiger partial charge is 0.323 e. The van der Waals surface area contributed by atoms with E-state index in [1.54, 1.807) is 7.11 Å². The van der Waals surface area contributed by atoms with Crippen molar-refractivity contribution in [3.05, 3.63) is 24.3 Å². The number of benzene rings is 1. The van der Waals surface area contributed by atoms with Gasteiger partial charge in [0.15, 0.2) is 0 Å². The van der Waals surface area contributed by atoms with Gasteiger partial charge < -0.3 is 14.4 Å². The SMILES string of the molecule is COc1cccc(N2CCN(C3CCN(C4CCOC4=O)CC3)CC2)c1. The van der Waals surface area contributed by atoms with Gasteiger partial charge in [-0.1, -0.05) is 6.07 Å². The first-order chi connectivity index (χ1) is 12.7. The molecule has 3 aliphatic heterocycles. The number of ether oxygens (including phenoxy) is 2.